The molecule has 102 valence electrons. The zero-order valence-corrected chi connectivity index (χ0v) is 11.2. The van der Waals surface area contributed by atoms with E-state index in [2.05, 4.69) is 34.5 Å². The molecule has 2 aliphatic rings. The standard InChI is InChI=1S/C17H17FN2/c18-12-6-7-16-14(10-12)15-11-19-9-8-17(15)20(16)13-4-2-1-3-5-13/h1-7,10,15,17,19H,8-9,11H2. The van der Waals surface area contributed by atoms with Crippen LogP contribution in [-0.4, -0.2) is 19.1 Å². The maximum Gasteiger partial charge on any atom is 0.123 e. The number of rotatable bonds is 1. The third kappa shape index (κ3) is 1.74. The van der Waals surface area contributed by atoms with Crippen LogP contribution in [0.5, 0.6) is 0 Å². The summed E-state index contributed by atoms with van der Waals surface area (Å²) >= 11 is 0. The van der Waals surface area contributed by atoms with Gasteiger partial charge in [-0.15, -0.1) is 0 Å². The lowest BCUT2D eigenvalue weighted by Crippen LogP contribution is -2.42. The van der Waals surface area contributed by atoms with E-state index in [-0.39, 0.29) is 5.82 Å². The highest BCUT2D eigenvalue weighted by molar-refractivity contribution is 5.73. The number of benzene rings is 2. The van der Waals surface area contributed by atoms with Crippen molar-refractivity contribution in [2.45, 2.75) is 18.4 Å². The lowest BCUT2D eigenvalue weighted by atomic mass is 9.90. The minimum absolute atomic E-state index is 0.136. The van der Waals surface area contributed by atoms with Crippen LogP contribution in [0.15, 0.2) is 48.5 Å². The number of piperidine rings is 1. The van der Waals surface area contributed by atoms with Gasteiger partial charge in [0.05, 0.1) is 0 Å². The van der Waals surface area contributed by atoms with Crippen molar-refractivity contribution in [3.63, 3.8) is 0 Å². The van der Waals surface area contributed by atoms with E-state index in [0.717, 1.165) is 30.8 Å². The number of halogens is 1. The van der Waals surface area contributed by atoms with Gasteiger partial charge in [-0.2, -0.15) is 0 Å². The normalized spacial score (nSPS) is 24.4. The highest BCUT2D eigenvalue weighted by Crippen LogP contribution is 2.47. The van der Waals surface area contributed by atoms with Gasteiger partial charge in [-0.25, -0.2) is 4.39 Å². The highest BCUT2D eigenvalue weighted by Gasteiger charge is 2.40. The summed E-state index contributed by atoms with van der Waals surface area (Å²) in [5.74, 6) is 0.248. The van der Waals surface area contributed by atoms with Crippen molar-refractivity contribution < 1.29 is 4.39 Å². The number of hydrogen-bond acceptors (Lipinski definition) is 2. The number of nitrogens with one attached hydrogen (secondary N) is 1. The van der Waals surface area contributed by atoms with Crippen LogP contribution >= 0.6 is 0 Å². The van der Waals surface area contributed by atoms with E-state index in [1.165, 1.54) is 5.69 Å². The average molecular weight is 268 g/mol. The van der Waals surface area contributed by atoms with Crippen LogP contribution in [0.4, 0.5) is 15.8 Å². The van der Waals surface area contributed by atoms with Gasteiger partial charge in [-0.1, -0.05) is 18.2 Å². The highest BCUT2D eigenvalue weighted by atomic mass is 19.1. The number of para-hydroxylation sites is 1. The summed E-state index contributed by atoms with van der Waals surface area (Å²) in [5.41, 5.74) is 3.51. The molecule has 2 nitrogen and oxygen atoms in total. The van der Waals surface area contributed by atoms with Crippen LogP contribution in [0, 0.1) is 5.82 Å². The largest absolute Gasteiger partial charge is 0.337 e. The minimum atomic E-state index is -0.136. The number of fused-ring (bicyclic) bond motifs is 3. The van der Waals surface area contributed by atoms with Gasteiger partial charge >= 0.3 is 0 Å². The maximum absolute atomic E-state index is 13.6. The predicted octanol–water partition coefficient (Wildman–Crippen LogP) is 3.42. The van der Waals surface area contributed by atoms with Crippen molar-refractivity contribution in [2.24, 2.45) is 0 Å². The molecule has 0 amide bonds. The minimum Gasteiger partial charge on any atom is -0.337 e. The molecule has 1 saturated heterocycles. The number of anilines is 2. The Bertz CT molecular complexity index is 626. The number of nitrogens with zero attached hydrogens (tertiary/aromatic N) is 1. The van der Waals surface area contributed by atoms with E-state index < -0.39 is 0 Å². The van der Waals surface area contributed by atoms with Crippen LogP contribution in [0.3, 0.4) is 0 Å². The van der Waals surface area contributed by atoms with Crippen molar-refractivity contribution in [2.75, 3.05) is 18.0 Å². The quantitative estimate of drug-likeness (QED) is 0.852. The van der Waals surface area contributed by atoms with Crippen molar-refractivity contribution in [3.8, 4) is 0 Å². The molecule has 2 unspecified atom stereocenters. The maximum atomic E-state index is 13.6. The summed E-state index contributed by atoms with van der Waals surface area (Å²) in [6, 6.07) is 16.1. The van der Waals surface area contributed by atoms with E-state index in [9.17, 15) is 4.39 Å². The third-order valence-corrected chi connectivity index (χ3v) is 4.46. The van der Waals surface area contributed by atoms with Gasteiger partial charge in [0.2, 0.25) is 0 Å². The molecular formula is C17H17FN2. The lowest BCUT2D eigenvalue weighted by Gasteiger charge is -2.34. The van der Waals surface area contributed by atoms with E-state index in [0.29, 0.717) is 12.0 Å². The van der Waals surface area contributed by atoms with Crippen LogP contribution in [0.25, 0.3) is 0 Å². The molecule has 1 N–H and O–H groups in total. The summed E-state index contributed by atoms with van der Waals surface area (Å²) in [7, 11) is 0. The first-order valence-electron chi connectivity index (χ1n) is 7.19. The summed E-state index contributed by atoms with van der Waals surface area (Å²) in [6.07, 6.45) is 1.09. The third-order valence-electron chi connectivity index (χ3n) is 4.46. The molecule has 0 aromatic heterocycles. The Labute approximate surface area is 118 Å². The second-order valence-electron chi connectivity index (χ2n) is 5.58. The van der Waals surface area contributed by atoms with Crippen molar-refractivity contribution in [1.29, 1.82) is 0 Å². The molecule has 2 aliphatic heterocycles. The van der Waals surface area contributed by atoms with E-state index in [1.54, 1.807) is 12.1 Å². The Morgan fingerprint density at radius 1 is 1.10 bits per heavy atom. The lowest BCUT2D eigenvalue weighted by molar-refractivity contribution is 0.419. The van der Waals surface area contributed by atoms with Gasteiger partial charge in [0, 0.05) is 29.9 Å². The van der Waals surface area contributed by atoms with Gasteiger partial charge in [0.1, 0.15) is 5.82 Å². The molecule has 0 spiro atoms. The molecule has 0 radical (unpaired) electrons. The Morgan fingerprint density at radius 2 is 1.95 bits per heavy atom. The molecule has 0 saturated carbocycles. The van der Waals surface area contributed by atoms with Gasteiger partial charge in [0.25, 0.3) is 0 Å². The fourth-order valence-electron chi connectivity index (χ4n) is 3.61. The molecule has 1 fully saturated rings. The molecule has 0 bridgehead atoms. The van der Waals surface area contributed by atoms with Crippen LogP contribution in [-0.2, 0) is 0 Å². The molecule has 2 heterocycles. The number of hydrogen-bond donors (Lipinski definition) is 1. The second kappa shape index (κ2) is 4.60. The summed E-state index contributed by atoms with van der Waals surface area (Å²) in [4.78, 5) is 2.39. The molecule has 2 atom stereocenters. The fraction of sp³-hybridized carbons (Fsp3) is 0.294. The van der Waals surface area contributed by atoms with Crippen molar-refractivity contribution in [1.82, 2.24) is 5.32 Å². The molecule has 2 aromatic rings. The second-order valence-corrected chi connectivity index (χ2v) is 5.58. The molecule has 0 aliphatic carbocycles. The Kier molecular flexibility index (Phi) is 2.74. The Morgan fingerprint density at radius 3 is 2.80 bits per heavy atom. The topological polar surface area (TPSA) is 15.3 Å². The van der Waals surface area contributed by atoms with E-state index in [1.807, 2.05) is 12.1 Å². The first-order valence-corrected chi connectivity index (χ1v) is 7.19. The van der Waals surface area contributed by atoms with Crippen molar-refractivity contribution >= 4 is 11.4 Å². The zero-order chi connectivity index (χ0) is 13.5. The Balaban J connectivity index is 1.86. The molecule has 3 heteroatoms. The molecule has 4 rings (SSSR count). The van der Waals surface area contributed by atoms with Gasteiger partial charge in [0.15, 0.2) is 0 Å². The predicted molar refractivity (Wildman–Crippen MR) is 79.0 cm³/mol. The summed E-state index contributed by atoms with van der Waals surface area (Å²) in [5, 5.41) is 3.44. The monoisotopic (exact) mass is 268 g/mol. The first kappa shape index (κ1) is 11.9. The first-order chi connectivity index (χ1) is 9.84. The van der Waals surface area contributed by atoms with Gasteiger partial charge in [-0.3, -0.25) is 0 Å². The Hall–Kier alpha value is -1.87. The average Bonchev–Trinajstić information content (AvgIpc) is 2.82. The molecule has 2 aromatic carbocycles. The fourth-order valence-corrected chi connectivity index (χ4v) is 3.61. The smallest absolute Gasteiger partial charge is 0.123 e. The van der Waals surface area contributed by atoms with Crippen molar-refractivity contribution in [3.05, 3.63) is 59.9 Å². The van der Waals surface area contributed by atoms with E-state index >= 15 is 0 Å². The molecular weight excluding hydrogens is 251 g/mol. The van der Waals surface area contributed by atoms with Crippen LogP contribution in [0.2, 0.25) is 0 Å². The SMILES string of the molecule is Fc1ccc2c(c1)C1CNCCC1N2c1ccccc1. The van der Waals surface area contributed by atoms with Gasteiger partial charge < -0.3 is 10.2 Å². The van der Waals surface area contributed by atoms with Crippen LogP contribution < -0.4 is 10.2 Å². The summed E-state index contributed by atoms with van der Waals surface area (Å²) in [6.45, 7) is 1.96. The van der Waals surface area contributed by atoms with Crippen LogP contribution in [0.1, 0.15) is 17.9 Å². The zero-order valence-electron chi connectivity index (χ0n) is 11.2. The van der Waals surface area contributed by atoms with Gasteiger partial charge in [-0.05, 0) is 48.9 Å². The summed E-state index contributed by atoms with van der Waals surface area (Å²) < 4.78 is 13.6. The van der Waals surface area contributed by atoms with E-state index in [4.69, 9.17) is 0 Å². The molecule has 20 heavy (non-hydrogen) atoms.